The van der Waals surface area contributed by atoms with Crippen LogP contribution < -0.4 is 4.74 Å². The van der Waals surface area contributed by atoms with E-state index >= 15 is 0 Å². The summed E-state index contributed by atoms with van der Waals surface area (Å²) >= 11 is 1.37. The highest BCUT2D eigenvalue weighted by Crippen LogP contribution is 2.43. The van der Waals surface area contributed by atoms with Gasteiger partial charge in [0.2, 0.25) is 5.91 Å². The molecule has 2 heterocycles. The largest absolute Gasteiger partial charge is 0.459 e. The van der Waals surface area contributed by atoms with E-state index in [9.17, 15) is 14.4 Å². The summed E-state index contributed by atoms with van der Waals surface area (Å²) in [5.41, 5.74) is 1.57. The minimum absolute atomic E-state index is 0.111. The maximum absolute atomic E-state index is 12.8. The minimum atomic E-state index is -0.643. The van der Waals surface area contributed by atoms with Crippen molar-refractivity contribution in [3.8, 4) is 5.75 Å². The van der Waals surface area contributed by atoms with E-state index in [0.717, 1.165) is 0 Å². The van der Waals surface area contributed by atoms with Gasteiger partial charge in [0.15, 0.2) is 5.17 Å². The zero-order valence-corrected chi connectivity index (χ0v) is 17.2. The average Bonchev–Trinajstić information content (AvgIpc) is 2.87. The summed E-state index contributed by atoms with van der Waals surface area (Å²) in [6.07, 6.45) is -0.298. The number of fused-ring (bicyclic) bond motifs is 1. The molecule has 0 N–H and O–H groups in total. The molecule has 1 fully saturated rings. The smallest absolute Gasteiger partial charge is 0.338 e. The second kappa shape index (κ2) is 7.79. The Morgan fingerprint density at radius 2 is 1.86 bits per heavy atom. The molecule has 1 aromatic carbocycles. The maximum Gasteiger partial charge on any atom is 0.338 e. The minimum Gasteiger partial charge on any atom is -0.459 e. The van der Waals surface area contributed by atoms with Crippen LogP contribution in [-0.2, 0) is 19.1 Å². The van der Waals surface area contributed by atoms with Crippen molar-refractivity contribution >= 4 is 34.8 Å². The van der Waals surface area contributed by atoms with Crippen LogP contribution in [0.25, 0.3) is 0 Å². The van der Waals surface area contributed by atoms with E-state index in [-0.39, 0.29) is 17.3 Å². The van der Waals surface area contributed by atoms with Crippen LogP contribution in [0.1, 0.15) is 46.2 Å². The third-order valence-electron chi connectivity index (χ3n) is 4.28. The van der Waals surface area contributed by atoms with Crippen molar-refractivity contribution < 1.29 is 23.9 Å². The summed E-state index contributed by atoms with van der Waals surface area (Å²) in [5, 5.41) is 0.292. The number of amides is 1. The first-order valence-electron chi connectivity index (χ1n) is 8.97. The average molecular weight is 402 g/mol. The zero-order chi connectivity index (χ0) is 20.6. The SMILES string of the molecule is CC(=O)Oc1ccc([C@@H]2C(C(=O)OC(C)C)=C(C)N=C3S[C@@H](C)C(=O)N32)cc1. The van der Waals surface area contributed by atoms with E-state index in [2.05, 4.69) is 4.99 Å². The first-order chi connectivity index (χ1) is 13.2. The van der Waals surface area contributed by atoms with Gasteiger partial charge in [0.25, 0.3) is 0 Å². The summed E-state index contributed by atoms with van der Waals surface area (Å²) in [7, 11) is 0. The zero-order valence-electron chi connectivity index (χ0n) is 16.4. The third-order valence-corrected chi connectivity index (χ3v) is 5.33. The van der Waals surface area contributed by atoms with Crippen molar-refractivity contribution in [2.24, 2.45) is 4.99 Å². The Balaban J connectivity index is 2.06. The molecule has 0 bridgehead atoms. The van der Waals surface area contributed by atoms with E-state index in [4.69, 9.17) is 9.47 Å². The molecule has 0 saturated carbocycles. The Bertz CT molecular complexity index is 888. The molecule has 2 aliphatic heterocycles. The van der Waals surface area contributed by atoms with Crippen molar-refractivity contribution in [1.29, 1.82) is 0 Å². The first-order valence-corrected chi connectivity index (χ1v) is 9.85. The van der Waals surface area contributed by atoms with Crippen LogP contribution in [0.5, 0.6) is 5.75 Å². The van der Waals surface area contributed by atoms with Gasteiger partial charge in [-0.05, 0) is 45.4 Å². The number of ether oxygens (including phenoxy) is 2. The number of aliphatic imine (C=N–C) groups is 1. The molecule has 1 aromatic rings. The number of benzene rings is 1. The Labute approximate surface area is 167 Å². The molecule has 2 atom stereocenters. The Hall–Kier alpha value is -2.61. The lowest BCUT2D eigenvalue weighted by molar-refractivity contribution is -0.143. The van der Waals surface area contributed by atoms with Gasteiger partial charge < -0.3 is 9.47 Å². The van der Waals surface area contributed by atoms with Crippen molar-refractivity contribution in [2.45, 2.75) is 52.0 Å². The van der Waals surface area contributed by atoms with Gasteiger partial charge in [-0.2, -0.15) is 0 Å². The molecule has 0 aromatic heterocycles. The van der Waals surface area contributed by atoms with Gasteiger partial charge in [-0.3, -0.25) is 14.5 Å². The number of hydrogen-bond acceptors (Lipinski definition) is 7. The molecule has 0 spiro atoms. The van der Waals surface area contributed by atoms with E-state index in [1.165, 1.54) is 18.7 Å². The van der Waals surface area contributed by atoms with Crippen LogP contribution in [-0.4, -0.2) is 39.3 Å². The second-order valence-corrected chi connectivity index (χ2v) is 8.19. The molecular weight excluding hydrogens is 380 g/mol. The molecule has 0 radical (unpaired) electrons. The molecule has 0 aliphatic carbocycles. The third kappa shape index (κ3) is 3.82. The molecule has 0 unspecified atom stereocenters. The first kappa shape index (κ1) is 20.1. The highest BCUT2D eigenvalue weighted by molar-refractivity contribution is 8.15. The number of carbonyl (C=O) groups is 3. The highest BCUT2D eigenvalue weighted by Gasteiger charge is 2.46. The number of hydrogen-bond donors (Lipinski definition) is 0. The van der Waals surface area contributed by atoms with Crippen molar-refractivity contribution in [3.05, 3.63) is 41.1 Å². The van der Waals surface area contributed by atoms with E-state index < -0.39 is 18.0 Å². The number of nitrogens with zero attached hydrogens (tertiary/aromatic N) is 2. The number of rotatable bonds is 4. The summed E-state index contributed by atoms with van der Waals surface area (Å²) < 4.78 is 10.5. The van der Waals surface area contributed by atoms with Gasteiger partial charge in [-0.25, -0.2) is 9.79 Å². The van der Waals surface area contributed by atoms with Gasteiger partial charge in [-0.15, -0.1) is 0 Å². The molecule has 1 saturated heterocycles. The summed E-state index contributed by atoms with van der Waals surface area (Å²) in [5.74, 6) is -0.637. The van der Waals surface area contributed by atoms with E-state index in [1.807, 2.05) is 6.92 Å². The van der Waals surface area contributed by atoms with Gasteiger partial charge in [0, 0.05) is 6.92 Å². The quantitative estimate of drug-likeness (QED) is 0.568. The molecule has 148 valence electrons. The van der Waals surface area contributed by atoms with Crippen LogP contribution in [0.3, 0.4) is 0 Å². The summed E-state index contributed by atoms with van der Waals surface area (Å²) in [6, 6.07) is 6.11. The molecule has 8 heteroatoms. The number of amidine groups is 1. The topological polar surface area (TPSA) is 85.3 Å². The van der Waals surface area contributed by atoms with Gasteiger partial charge >= 0.3 is 11.9 Å². The summed E-state index contributed by atoms with van der Waals surface area (Å²) in [6.45, 7) is 8.43. The lowest BCUT2D eigenvalue weighted by Gasteiger charge is -2.33. The van der Waals surface area contributed by atoms with Crippen LogP contribution in [0.4, 0.5) is 0 Å². The number of esters is 2. The molecular formula is C20H22N2O5S. The Morgan fingerprint density at radius 1 is 1.21 bits per heavy atom. The maximum atomic E-state index is 12.8. The molecule has 3 rings (SSSR count). The molecule has 7 nitrogen and oxygen atoms in total. The van der Waals surface area contributed by atoms with Crippen molar-refractivity contribution in [2.75, 3.05) is 0 Å². The van der Waals surface area contributed by atoms with Crippen molar-refractivity contribution in [1.82, 2.24) is 4.90 Å². The molecule has 28 heavy (non-hydrogen) atoms. The van der Waals surface area contributed by atoms with Crippen LogP contribution in [0, 0.1) is 0 Å². The van der Waals surface area contributed by atoms with E-state index in [0.29, 0.717) is 27.8 Å². The lowest BCUT2D eigenvalue weighted by Crippen LogP contribution is -2.40. The number of thioether (sulfide) groups is 1. The summed E-state index contributed by atoms with van der Waals surface area (Å²) in [4.78, 5) is 42.8. The normalized spacial score (nSPS) is 21.6. The fourth-order valence-electron chi connectivity index (χ4n) is 3.14. The predicted octanol–water partition coefficient (Wildman–Crippen LogP) is 3.21. The Kier molecular flexibility index (Phi) is 5.60. The van der Waals surface area contributed by atoms with Gasteiger partial charge in [0.05, 0.1) is 28.7 Å². The molecule has 2 aliphatic rings. The van der Waals surface area contributed by atoms with Crippen molar-refractivity contribution in [3.63, 3.8) is 0 Å². The lowest BCUT2D eigenvalue weighted by atomic mass is 9.94. The van der Waals surface area contributed by atoms with E-state index in [1.54, 1.807) is 49.9 Å². The number of carbonyl (C=O) groups excluding carboxylic acids is 3. The van der Waals surface area contributed by atoms with Gasteiger partial charge in [0.1, 0.15) is 5.75 Å². The molecule has 1 amide bonds. The second-order valence-electron chi connectivity index (χ2n) is 6.88. The monoisotopic (exact) mass is 402 g/mol. The number of allylic oxidation sites excluding steroid dienone is 1. The van der Waals surface area contributed by atoms with Crippen LogP contribution >= 0.6 is 11.8 Å². The highest BCUT2D eigenvalue weighted by atomic mass is 32.2. The van der Waals surface area contributed by atoms with Gasteiger partial charge in [-0.1, -0.05) is 23.9 Å². The fraction of sp³-hybridized carbons (Fsp3) is 0.400. The van der Waals surface area contributed by atoms with Crippen LogP contribution in [0.15, 0.2) is 40.5 Å². The standard InChI is InChI=1S/C20H22N2O5S/c1-10(2)26-19(25)16-11(3)21-20-22(18(24)12(4)28-20)17(16)14-6-8-15(9-7-14)27-13(5)23/h6-10,12,17H,1-5H3/t12-,17+/m0/s1. The Morgan fingerprint density at radius 3 is 2.43 bits per heavy atom. The predicted molar refractivity (Wildman–Crippen MR) is 106 cm³/mol. The van der Waals surface area contributed by atoms with Crippen LogP contribution in [0.2, 0.25) is 0 Å². The fourth-order valence-corrected chi connectivity index (χ4v) is 4.17.